The van der Waals surface area contributed by atoms with Crippen molar-refractivity contribution in [3.8, 4) is 0 Å². The number of hydrogen-bond acceptors (Lipinski definition) is 5. The zero-order valence-electron chi connectivity index (χ0n) is 14.4. The number of pyridine rings is 1. The van der Waals surface area contributed by atoms with Crippen LogP contribution in [0.25, 0.3) is 5.65 Å². The first kappa shape index (κ1) is 18.9. The van der Waals surface area contributed by atoms with Gasteiger partial charge in [0.2, 0.25) is 5.91 Å². The summed E-state index contributed by atoms with van der Waals surface area (Å²) in [5.74, 6) is -1.09. The molecule has 0 unspecified atom stereocenters. The maximum absolute atomic E-state index is 12.6. The summed E-state index contributed by atoms with van der Waals surface area (Å²) in [6.07, 6.45) is 1.65. The Bertz CT molecular complexity index is 1150. The minimum absolute atomic E-state index is 0.0867. The molecule has 3 aromatic rings. The topological polar surface area (TPSA) is 110 Å². The van der Waals surface area contributed by atoms with Crippen LogP contribution in [0, 0.1) is 6.92 Å². The van der Waals surface area contributed by atoms with E-state index in [2.05, 4.69) is 10.3 Å². The Hall–Kier alpha value is -2.91. The fourth-order valence-electron chi connectivity index (χ4n) is 2.57. The monoisotopic (exact) mass is 406 g/mol. The number of imidazole rings is 1. The van der Waals surface area contributed by atoms with E-state index >= 15 is 0 Å². The van der Waals surface area contributed by atoms with Gasteiger partial charge in [-0.05, 0) is 37.3 Å². The van der Waals surface area contributed by atoms with Crippen LogP contribution in [0.1, 0.15) is 23.1 Å². The SMILES string of the molecule is CC(=O)NS(=O)(=O)c1ccc(NC(=O)c2c(C)nc3cc(Cl)ccn23)cc1. The van der Waals surface area contributed by atoms with E-state index in [0.717, 1.165) is 6.92 Å². The number of hydrogen-bond donors (Lipinski definition) is 2. The van der Waals surface area contributed by atoms with Gasteiger partial charge in [-0.3, -0.25) is 14.0 Å². The second kappa shape index (κ2) is 7.01. The van der Waals surface area contributed by atoms with Gasteiger partial charge in [-0.2, -0.15) is 0 Å². The van der Waals surface area contributed by atoms with Crippen LogP contribution in [0.4, 0.5) is 5.69 Å². The van der Waals surface area contributed by atoms with Crippen molar-refractivity contribution in [2.75, 3.05) is 5.32 Å². The summed E-state index contributed by atoms with van der Waals surface area (Å²) in [5.41, 5.74) is 1.81. The predicted molar refractivity (Wildman–Crippen MR) is 100 cm³/mol. The molecule has 0 radical (unpaired) electrons. The van der Waals surface area contributed by atoms with Gasteiger partial charge in [0.1, 0.15) is 11.3 Å². The van der Waals surface area contributed by atoms with Crippen molar-refractivity contribution < 1.29 is 18.0 Å². The van der Waals surface area contributed by atoms with Crippen molar-refractivity contribution in [2.45, 2.75) is 18.7 Å². The molecule has 0 saturated carbocycles. The van der Waals surface area contributed by atoms with Gasteiger partial charge in [0.15, 0.2) is 0 Å². The van der Waals surface area contributed by atoms with Crippen LogP contribution >= 0.6 is 11.6 Å². The van der Waals surface area contributed by atoms with Crippen LogP contribution in [-0.4, -0.2) is 29.6 Å². The van der Waals surface area contributed by atoms with Crippen LogP contribution in [0.3, 0.4) is 0 Å². The van der Waals surface area contributed by atoms with Gasteiger partial charge in [-0.1, -0.05) is 11.6 Å². The van der Waals surface area contributed by atoms with E-state index in [0.29, 0.717) is 27.7 Å². The maximum atomic E-state index is 12.6. The molecule has 0 bridgehead atoms. The number of sulfonamides is 1. The maximum Gasteiger partial charge on any atom is 0.274 e. The average Bonchev–Trinajstić information content (AvgIpc) is 2.89. The molecule has 0 atom stereocenters. The van der Waals surface area contributed by atoms with Crippen LogP contribution < -0.4 is 10.0 Å². The minimum Gasteiger partial charge on any atom is -0.321 e. The molecule has 0 saturated heterocycles. The Labute approximate surface area is 160 Å². The molecule has 2 heterocycles. The number of fused-ring (bicyclic) bond motifs is 1. The number of anilines is 1. The molecule has 2 N–H and O–H groups in total. The highest BCUT2D eigenvalue weighted by Crippen LogP contribution is 2.19. The number of carbonyl (C=O) groups excluding carboxylic acids is 2. The second-order valence-corrected chi connectivity index (χ2v) is 7.88. The first-order valence-electron chi connectivity index (χ1n) is 7.76. The molecule has 140 valence electrons. The van der Waals surface area contributed by atoms with E-state index in [1.54, 1.807) is 29.7 Å². The number of benzene rings is 1. The van der Waals surface area contributed by atoms with Crippen molar-refractivity contribution in [2.24, 2.45) is 0 Å². The molecule has 10 heteroatoms. The molecular formula is C17H15ClN4O4S. The van der Waals surface area contributed by atoms with Crippen molar-refractivity contribution in [3.05, 3.63) is 59.0 Å². The Balaban J connectivity index is 1.85. The van der Waals surface area contributed by atoms with Crippen molar-refractivity contribution in [1.29, 1.82) is 0 Å². The zero-order valence-corrected chi connectivity index (χ0v) is 15.9. The number of aryl methyl sites for hydroxylation is 1. The Kier molecular flexibility index (Phi) is 4.90. The van der Waals surface area contributed by atoms with Crippen LogP contribution in [-0.2, 0) is 14.8 Å². The number of carbonyl (C=O) groups is 2. The largest absolute Gasteiger partial charge is 0.321 e. The van der Waals surface area contributed by atoms with Gasteiger partial charge in [-0.25, -0.2) is 18.1 Å². The van der Waals surface area contributed by atoms with Crippen molar-refractivity contribution in [3.63, 3.8) is 0 Å². The van der Waals surface area contributed by atoms with E-state index in [1.165, 1.54) is 24.3 Å². The summed E-state index contributed by atoms with van der Waals surface area (Å²) < 4.78 is 27.4. The number of nitrogens with one attached hydrogen (secondary N) is 2. The molecule has 8 nitrogen and oxygen atoms in total. The molecule has 2 aromatic heterocycles. The molecule has 0 aliphatic rings. The minimum atomic E-state index is -3.93. The molecule has 0 spiro atoms. The summed E-state index contributed by atoms with van der Waals surface area (Å²) >= 11 is 5.94. The number of nitrogens with zero attached hydrogens (tertiary/aromatic N) is 2. The van der Waals surface area contributed by atoms with E-state index in [1.807, 2.05) is 4.72 Å². The van der Waals surface area contributed by atoms with E-state index < -0.39 is 21.8 Å². The first-order chi connectivity index (χ1) is 12.7. The Morgan fingerprint density at radius 2 is 1.81 bits per heavy atom. The van der Waals surface area contributed by atoms with Gasteiger partial charge in [0.05, 0.1) is 10.6 Å². The number of rotatable bonds is 4. The van der Waals surface area contributed by atoms with Gasteiger partial charge in [0, 0.05) is 29.9 Å². The number of amides is 2. The third kappa shape index (κ3) is 3.93. The molecule has 2 amide bonds. The fraction of sp³-hybridized carbons (Fsp3) is 0.118. The Morgan fingerprint density at radius 3 is 2.44 bits per heavy atom. The molecule has 1 aromatic carbocycles. The fourth-order valence-corrected chi connectivity index (χ4v) is 3.71. The predicted octanol–water partition coefficient (Wildman–Crippen LogP) is 2.37. The van der Waals surface area contributed by atoms with Gasteiger partial charge in [0.25, 0.3) is 15.9 Å². The highest BCUT2D eigenvalue weighted by Gasteiger charge is 2.18. The Morgan fingerprint density at radius 1 is 1.15 bits per heavy atom. The molecule has 0 fully saturated rings. The second-order valence-electron chi connectivity index (χ2n) is 5.76. The normalized spacial score (nSPS) is 11.4. The van der Waals surface area contributed by atoms with E-state index in [4.69, 9.17) is 11.6 Å². The third-order valence-corrected chi connectivity index (χ3v) is 5.36. The van der Waals surface area contributed by atoms with Crippen molar-refractivity contribution in [1.82, 2.24) is 14.1 Å². The lowest BCUT2D eigenvalue weighted by molar-refractivity contribution is -0.117. The lowest BCUT2D eigenvalue weighted by Crippen LogP contribution is -2.28. The van der Waals surface area contributed by atoms with E-state index in [-0.39, 0.29) is 4.90 Å². The van der Waals surface area contributed by atoms with Crippen LogP contribution in [0.2, 0.25) is 5.02 Å². The van der Waals surface area contributed by atoms with Gasteiger partial charge in [-0.15, -0.1) is 0 Å². The molecule has 0 aliphatic carbocycles. The standard InChI is InChI=1S/C17H15ClN4O4S/c1-10-16(22-8-7-12(18)9-15(22)19-10)17(24)20-13-3-5-14(6-4-13)27(25,26)21-11(2)23/h3-9H,1-2H3,(H,20,24)(H,21,23). The van der Waals surface area contributed by atoms with Crippen LogP contribution in [0.5, 0.6) is 0 Å². The van der Waals surface area contributed by atoms with Crippen LogP contribution in [0.15, 0.2) is 47.5 Å². The molecule has 27 heavy (non-hydrogen) atoms. The number of aromatic nitrogens is 2. The highest BCUT2D eigenvalue weighted by molar-refractivity contribution is 7.90. The smallest absolute Gasteiger partial charge is 0.274 e. The summed E-state index contributed by atoms with van der Waals surface area (Å²) in [6, 6.07) is 8.75. The van der Waals surface area contributed by atoms with Gasteiger partial charge >= 0.3 is 0 Å². The van der Waals surface area contributed by atoms with Crippen molar-refractivity contribution >= 4 is 44.8 Å². The first-order valence-corrected chi connectivity index (χ1v) is 9.62. The lowest BCUT2D eigenvalue weighted by atomic mass is 10.3. The van der Waals surface area contributed by atoms with E-state index in [9.17, 15) is 18.0 Å². The lowest BCUT2D eigenvalue weighted by Gasteiger charge is -2.08. The van der Waals surface area contributed by atoms with Gasteiger partial charge < -0.3 is 5.32 Å². The highest BCUT2D eigenvalue weighted by atomic mass is 35.5. The zero-order chi connectivity index (χ0) is 19.8. The summed E-state index contributed by atoms with van der Waals surface area (Å²) in [7, 11) is -3.93. The third-order valence-electron chi connectivity index (χ3n) is 3.68. The molecular weight excluding hydrogens is 392 g/mol. The summed E-state index contributed by atoms with van der Waals surface area (Å²) in [4.78, 5) is 27.8. The molecule has 3 rings (SSSR count). The number of halogens is 1. The average molecular weight is 407 g/mol. The quantitative estimate of drug-likeness (QED) is 0.691. The summed E-state index contributed by atoms with van der Waals surface area (Å²) in [5, 5.41) is 3.21. The summed E-state index contributed by atoms with van der Waals surface area (Å²) in [6.45, 7) is 2.82. The molecule has 0 aliphatic heterocycles.